The maximum Gasteiger partial charge on any atom is 0.394 e. The maximum absolute atomic E-state index is 12.1. The minimum atomic E-state index is -4.18. The molecule has 0 N–H and O–H groups in total. The van der Waals surface area contributed by atoms with E-state index in [9.17, 15) is 13.2 Å². The molecule has 0 radical (unpaired) electrons. The lowest BCUT2D eigenvalue weighted by atomic mass is 9.89. The summed E-state index contributed by atoms with van der Waals surface area (Å²) in [6.45, 7) is 2.25. The molecular formula is C6H10F3NS. The second kappa shape index (κ2) is 3.47. The van der Waals surface area contributed by atoms with Gasteiger partial charge in [0.1, 0.15) is 0 Å². The Kier molecular flexibility index (Phi) is 3.41. The van der Waals surface area contributed by atoms with Crippen LogP contribution in [0.25, 0.3) is 0 Å². The first-order valence-corrected chi connectivity index (χ1v) is 3.44. The van der Waals surface area contributed by atoms with Gasteiger partial charge in [-0.3, -0.25) is 0 Å². The highest BCUT2D eigenvalue weighted by Crippen LogP contribution is 2.39. The van der Waals surface area contributed by atoms with Gasteiger partial charge in [0.05, 0.1) is 5.41 Å². The number of halogens is 3. The van der Waals surface area contributed by atoms with E-state index in [0.29, 0.717) is 0 Å². The molecule has 11 heavy (non-hydrogen) atoms. The summed E-state index contributed by atoms with van der Waals surface area (Å²) >= 11 is 3.43. The first kappa shape index (κ1) is 10.8. The molecule has 0 saturated carbocycles. The van der Waals surface area contributed by atoms with Crippen molar-refractivity contribution in [1.82, 2.24) is 0 Å². The van der Waals surface area contributed by atoms with E-state index in [0.717, 1.165) is 20.1 Å². The van der Waals surface area contributed by atoms with Gasteiger partial charge in [-0.2, -0.15) is 13.2 Å². The molecule has 0 aromatic carbocycles. The van der Waals surface area contributed by atoms with E-state index in [4.69, 9.17) is 0 Å². The Labute approximate surface area is 69.2 Å². The van der Waals surface area contributed by atoms with Crippen LogP contribution in [0.2, 0.25) is 0 Å². The Hall–Kier alpha value is -0.190. The van der Waals surface area contributed by atoms with Crippen molar-refractivity contribution in [3.05, 3.63) is 0 Å². The lowest BCUT2D eigenvalue weighted by Crippen LogP contribution is -2.32. The number of hydrogen-bond acceptors (Lipinski definition) is 2. The summed E-state index contributed by atoms with van der Waals surface area (Å²) in [5.41, 5.74) is -1.71. The van der Waals surface area contributed by atoms with Gasteiger partial charge < -0.3 is 0 Å². The summed E-state index contributed by atoms with van der Waals surface area (Å²) in [6, 6.07) is 0. The number of alkyl halides is 3. The Bertz CT molecular complexity index is 150. The van der Waals surface area contributed by atoms with E-state index in [2.05, 4.69) is 17.2 Å². The van der Waals surface area contributed by atoms with Crippen LogP contribution in [0.15, 0.2) is 4.40 Å². The SMILES string of the molecule is CC(C)(C/C=N/S)C(F)(F)F. The molecule has 0 aliphatic heterocycles. The molecule has 0 aliphatic rings. The molecule has 0 spiro atoms. The number of hydrogen-bond donors (Lipinski definition) is 1. The molecule has 0 unspecified atom stereocenters. The average Bonchev–Trinajstić information content (AvgIpc) is 1.81. The minimum absolute atomic E-state index is 0.139. The second-order valence-corrected chi connectivity index (χ2v) is 3.11. The zero-order valence-electron chi connectivity index (χ0n) is 6.31. The molecule has 0 rings (SSSR count). The van der Waals surface area contributed by atoms with E-state index < -0.39 is 11.6 Å². The third kappa shape index (κ3) is 3.14. The molecule has 0 atom stereocenters. The molecule has 5 heteroatoms. The van der Waals surface area contributed by atoms with Crippen molar-refractivity contribution in [1.29, 1.82) is 0 Å². The number of rotatable bonds is 2. The summed E-state index contributed by atoms with van der Waals surface area (Å²) in [7, 11) is 0. The first-order chi connectivity index (χ1) is 4.81. The van der Waals surface area contributed by atoms with Gasteiger partial charge in [0.2, 0.25) is 0 Å². The van der Waals surface area contributed by atoms with Crippen molar-refractivity contribution >= 4 is 19.0 Å². The molecule has 0 aromatic heterocycles. The van der Waals surface area contributed by atoms with Crippen molar-refractivity contribution in [3.8, 4) is 0 Å². The highest BCUT2D eigenvalue weighted by molar-refractivity contribution is 7.78. The molecule has 66 valence electrons. The smallest absolute Gasteiger partial charge is 0.232 e. The van der Waals surface area contributed by atoms with E-state index in [-0.39, 0.29) is 6.42 Å². The van der Waals surface area contributed by atoms with Crippen LogP contribution in [0, 0.1) is 5.41 Å². The van der Waals surface area contributed by atoms with Crippen LogP contribution in [0.1, 0.15) is 20.3 Å². The quantitative estimate of drug-likeness (QED) is 0.501. The van der Waals surface area contributed by atoms with Crippen molar-refractivity contribution in [2.24, 2.45) is 9.81 Å². The highest BCUT2D eigenvalue weighted by Gasteiger charge is 2.46. The molecule has 0 aromatic rings. The third-order valence-electron chi connectivity index (χ3n) is 1.45. The Morgan fingerprint density at radius 2 is 1.82 bits per heavy atom. The highest BCUT2D eigenvalue weighted by atomic mass is 32.1. The van der Waals surface area contributed by atoms with Crippen molar-refractivity contribution in [2.45, 2.75) is 26.4 Å². The lowest BCUT2D eigenvalue weighted by molar-refractivity contribution is -0.208. The molecule has 0 saturated heterocycles. The van der Waals surface area contributed by atoms with E-state index in [1.165, 1.54) is 0 Å². The van der Waals surface area contributed by atoms with Gasteiger partial charge in [0.25, 0.3) is 0 Å². The summed E-state index contributed by atoms with van der Waals surface area (Å²) in [6.07, 6.45) is -3.17. The summed E-state index contributed by atoms with van der Waals surface area (Å²) < 4.78 is 39.4. The Morgan fingerprint density at radius 3 is 2.09 bits per heavy atom. The van der Waals surface area contributed by atoms with Crippen LogP contribution < -0.4 is 0 Å². The Morgan fingerprint density at radius 1 is 1.36 bits per heavy atom. The fourth-order valence-corrected chi connectivity index (χ4v) is 0.466. The van der Waals surface area contributed by atoms with Crippen molar-refractivity contribution in [3.63, 3.8) is 0 Å². The van der Waals surface area contributed by atoms with Crippen LogP contribution >= 0.6 is 12.8 Å². The zero-order chi connectivity index (χ0) is 9.12. The van der Waals surface area contributed by atoms with E-state index in [1.54, 1.807) is 0 Å². The fourth-order valence-electron chi connectivity index (χ4n) is 0.385. The summed E-state index contributed by atoms with van der Waals surface area (Å²) in [5, 5.41) is 0. The monoisotopic (exact) mass is 185 g/mol. The number of nitrogens with zero attached hydrogens (tertiary/aromatic N) is 1. The van der Waals surface area contributed by atoms with Gasteiger partial charge >= 0.3 is 6.18 Å². The molecular weight excluding hydrogens is 175 g/mol. The number of thiol groups is 1. The van der Waals surface area contributed by atoms with Crippen LogP contribution in [0.3, 0.4) is 0 Å². The maximum atomic E-state index is 12.1. The first-order valence-electron chi connectivity index (χ1n) is 3.04. The lowest BCUT2D eigenvalue weighted by Gasteiger charge is -2.25. The minimum Gasteiger partial charge on any atom is -0.232 e. The standard InChI is InChI=1S/C6H10F3NS/c1-5(2,3-4-10-11)6(7,8)9/h4,11H,3H2,1-2H3/b10-4+. The molecule has 0 fully saturated rings. The average molecular weight is 185 g/mol. The zero-order valence-corrected chi connectivity index (χ0v) is 7.21. The predicted molar refractivity (Wildman–Crippen MR) is 41.9 cm³/mol. The van der Waals surface area contributed by atoms with E-state index in [1.807, 2.05) is 0 Å². The van der Waals surface area contributed by atoms with Gasteiger partial charge in [-0.15, -0.1) is 0 Å². The van der Waals surface area contributed by atoms with Crippen LogP contribution in [0.5, 0.6) is 0 Å². The topological polar surface area (TPSA) is 12.4 Å². The van der Waals surface area contributed by atoms with Gasteiger partial charge in [-0.25, -0.2) is 4.40 Å². The molecule has 0 aliphatic carbocycles. The van der Waals surface area contributed by atoms with E-state index >= 15 is 0 Å². The van der Waals surface area contributed by atoms with Crippen LogP contribution in [-0.4, -0.2) is 12.4 Å². The van der Waals surface area contributed by atoms with Crippen LogP contribution in [0.4, 0.5) is 13.2 Å². The van der Waals surface area contributed by atoms with Gasteiger partial charge in [0.15, 0.2) is 0 Å². The van der Waals surface area contributed by atoms with Gasteiger partial charge in [-0.05, 0) is 19.2 Å². The normalized spacial score (nSPS) is 14.4. The third-order valence-corrected chi connectivity index (χ3v) is 1.61. The Balaban J connectivity index is 4.22. The molecule has 0 bridgehead atoms. The largest absolute Gasteiger partial charge is 0.394 e. The molecule has 0 heterocycles. The summed E-state index contributed by atoms with van der Waals surface area (Å²) in [4.78, 5) is 0. The van der Waals surface area contributed by atoms with Crippen molar-refractivity contribution in [2.75, 3.05) is 0 Å². The fraction of sp³-hybridized carbons (Fsp3) is 0.833. The van der Waals surface area contributed by atoms with Crippen molar-refractivity contribution < 1.29 is 13.2 Å². The predicted octanol–water partition coefficient (Wildman–Crippen LogP) is 2.88. The van der Waals surface area contributed by atoms with Crippen LogP contribution in [-0.2, 0) is 0 Å². The molecule has 0 amide bonds. The summed E-state index contributed by atoms with van der Waals surface area (Å²) in [5.74, 6) is 0. The van der Waals surface area contributed by atoms with Gasteiger partial charge in [0, 0.05) is 6.21 Å². The second-order valence-electron chi connectivity index (χ2n) is 2.88. The molecule has 1 nitrogen and oxygen atoms in total. The van der Waals surface area contributed by atoms with Gasteiger partial charge in [-0.1, -0.05) is 13.8 Å².